The summed E-state index contributed by atoms with van der Waals surface area (Å²) in [5, 5.41) is 3.41. The fourth-order valence-corrected chi connectivity index (χ4v) is 2.04. The first kappa shape index (κ1) is 13.9. The lowest BCUT2D eigenvalue weighted by atomic mass is 10.2. The van der Waals surface area contributed by atoms with Crippen LogP contribution in [0.3, 0.4) is 0 Å². The molecular formula is C12H26N2O2. The maximum Gasteiger partial charge on any atom is 0.0674 e. The molecule has 16 heavy (non-hydrogen) atoms. The Morgan fingerprint density at radius 3 is 3.12 bits per heavy atom. The third kappa shape index (κ3) is 5.25. The van der Waals surface area contributed by atoms with E-state index < -0.39 is 0 Å². The molecule has 0 bridgehead atoms. The van der Waals surface area contributed by atoms with Gasteiger partial charge < -0.3 is 14.8 Å². The quantitative estimate of drug-likeness (QED) is 0.682. The van der Waals surface area contributed by atoms with Gasteiger partial charge in [-0.25, -0.2) is 0 Å². The fraction of sp³-hybridized carbons (Fsp3) is 1.00. The molecule has 0 amide bonds. The third-order valence-electron chi connectivity index (χ3n) is 3.03. The first-order valence-corrected chi connectivity index (χ1v) is 6.29. The van der Waals surface area contributed by atoms with Gasteiger partial charge in [-0.2, -0.15) is 0 Å². The highest BCUT2D eigenvalue weighted by Crippen LogP contribution is 2.08. The van der Waals surface area contributed by atoms with Crippen LogP contribution in [0.5, 0.6) is 0 Å². The van der Waals surface area contributed by atoms with Gasteiger partial charge in [0.15, 0.2) is 0 Å². The normalized spacial score (nSPS) is 25.3. The van der Waals surface area contributed by atoms with Crippen molar-refractivity contribution in [3.63, 3.8) is 0 Å². The molecule has 4 nitrogen and oxygen atoms in total. The molecule has 2 atom stereocenters. The van der Waals surface area contributed by atoms with E-state index in [9.17, 15) is 0 Å². The van der Waals surface area contributed by atoms with Crippen molar-refractivity contribution >= 4 is 0 Å². The zero-order valence-electron chi connectivity index (χ0n) is 10.9. The Bertz CT molecular complexity index is 178. The van der Waals surface area contributed by atoms with Crippen LogP contribution in [-0.4, -0.2) is 63.5 Å². The summed E-state index contributed by atoms with van der Waals surface area (Å²) < 4.78 is 10.7. The van der Waals surface area contributed by atoms with Crippen LogP contribution in [-0.2, 0) is 9.47 Å². The summed E-state index contributed by atoms with van der Waals surface area (Å²) in [5.74, 6) is 0. The smallest absolute Gasteiger partial charge is 0.0674 e. The topological polar surface area (TPSA) is 33.7 Å². The maximum atomic E-state index is 5.64. The average molecular weight is 230 g/mol. The highest BCUT2D eigenvalue weighted by Gasteiger charge is 2.19. The standard InChI is InChI=1S/C12H26N2O2/c1-11(9-13-5-8-15-3)14-6-4-7-16-12(2)10-14/h11-13H,4-10H2,1-3H3. The minimum atomic E-state index is 0.365. The van der Waals surface area contributed by atoms with Crippen LogP contribution < -0.4 is 5.32 Å². The molecule has 2 unspecified atom stereocenters. The van der Waals surface area contributed by atoms with Crippen molar-refractivity contribution in [1.82, 2.24) is 10.2 Å². The third-order valence-corrected chi connectivity index (χ3v) is 3.03. The molecule has 0 aliphatic carbocycles. The number of nitrogens with one attached hydrogen (secondary N) is 1. The summed E-state index contributed by atoms with van der Waals surface area (Å²) in [6.07, 6.45) is 1.51. The summed E-state index contributed by atoms with van der Waals surface area (Å²) in [6.45, 7) is 10.3. The molecule has 0 radical (unpaired) electrons. The molecule has 1 aliphatic heterocycles. The monoisotopic (exact) mass is 230 g/mol. The minimum Gasteiger partial charge on any atom is -0.383 e. The molecule has 0 aromatic carbocycles. The predicted octanol–water partition coefficient (Wildman–Crippen LogP) is 0.722. The molecule has 1 N–H and O–H groups in total. The van der Waals surface area contributed by atoms with Crippen LogP contribution in [0.2, 0.25) is 0 Å². The molecule has 0 aromatic heterocycles. The number of rotatable bonds is 6. The van der Waals surface area contributed by atoms with Crippen LogP contribution in [0.4, 0.5) is 0 Å². The van der Waals surface area contributed by atoms with Crippen molar-refractivity contribution in [2.24, 2.45) is 0 Å². The Kier molecular flexibility index (Phi) is 6.96. The Labute approximate surface area is 99.3 Å². The van der Waals surface area contributed by atoms with Crippen molar-refractivity contribution in [3.05, 3.63) is 0 Å². The molecule has 0 spiro atoms. The number of hydrogen-bond donors (Lipinski definition) is 1. The lowest BCUT2D eigenvalue weighted by Gasteiger charge is -2.28. The van der Waals surface area contributed by atoms with E-state index in [2.05, 4.69) is 24.1 Å². The van der Waals surface area contributed by atoms with Gasteiger partial charge in [-0.05, 0) is 20.3 Å². The number of ether oxygens (including phenoxy) is 2. The molecule has 96 valence electrons. The maximum absolute atomic E-state index is 5.64. The van der Waals surface area contributed by atoms with Gasteiger partial charge in [0.1, 0.15) is 0 Å². The Balaban J connectivity index is 2.20. The van der Waals surface area contributed by atoms with E-state index in [1.807, 2.05) is 0 Å². The highest BCUT2D eigenvalue weighted by atomic mass is 16.5. The second-order valence-electron chi connectivity index (χ2n) is 4.58. The molecule has 1 fully saturated rings. The van der Waals surface area contributed by atoms with Crippen molar-refractivity contribution in [1.29, 1.82) is 0 Å². The van der Waals surface area contributed by atoms with E-state index in [1.165, 1.54) is 0 Å². The Hall–Kier alpha value is -0.160. The molecule has 1 aliphatic rings. The van der Waals surface area contributed by atoms with Crippen LogP contribution in [0.1, 0.15) is 20.3 Å². The first-order valence-electron chi connectivity index (χ1n) is 6.29. The van der Waals surface area contributed by atoms with Gasteiger partial charge in [-0.3, -0.25) is 4.90 Å². The van der Waals surface area contributed by atoms with Gasteiger partial charge in [0.2, 0.25) is 0 Å². The molecule has 4 heteroatoms. The van der Waals surface area contributed by atoms with Crippen LogP contribution in [0.25, 0.3) is 0 Å². The highest BCUT2D eigenvalue weighted by molar-refractivity contribution is 4.74. The van der Waals surface area contributed by atoms with Crippen molar-refractivity contribution in [2.45, 2.75) is 32.4 Å². The molecule has 1 heterocycles. The number of methoxy groups -OCH3 is 1. The van der Waals surface area contributed by atoms with Crippen molar-refractivity contribution in [3.8, 4) is 0 Å². The average Bonchev–Trinajstić information content (AvgIpc) is 2.49. The van der Waals surface area contributed by atoms with Gasteiger partial charge in [0, 0.05) is 45.9 Å². The molecule has 0 saturated carbocycles. The molecular weight excluding hydrogens is 204 g/mol. The molecule has 0 aromatic rings. The largest absolute Gasteiger partial charge is 0.383 e. The van der Waals surface area contributed by atoms with E-state index >= 15 is 0 Å². The Morgan fingerprint density at radius 1 is 1.56 bits per heavy atom. The summed E-state index contributed by atoms with van der Waals surface area (Å²) >= 11 is 0. The molecule has 1 saturated heterocycles. The number of hydrogen-bond acceptors (Lipinski definition) is 4. The zero-order valence-corrected chi connectivity index (χ0v) is 10.9. The van der Waals surface area contributed by atoms with Crippen LogP contribution in [0, 0.1) is 0 Å². The van der Waals surface area contributed by atoms with Crippen molar-refractivity contribution < 1.29 is 9.47 Å². The lowest BCUT2D eigenvalue weighted by molar-refractivity contribution is 0.0618. The predicted molar refractivity (Wildman–Crippen MR) is 65.8 cm³/mol. The zero-order chi connectivity index (χ0) is 11.8. The van der Waals surface area contributed by atoms with E-state index in [4.69, 9.17) is 9.47 Å². The second kappa shape index (κ2) is 8.01. The van der Waals surface area contributed by atoms with Crippen LogP contribution >= 0.6 is 0 Å². The fourth-order valence-electron chi connectivity index (χ4n) is 2.04. The van der Waals surface area contributed by atoms with E-state index in [0.29, 0.717) is 12.1 Å². The van der Waals surface area contributed by atoms with Gasteiger partial charge in [-0.1, -0.05) is 0 Å². The summed E-state index contributed by atoms with van der Waals surface area (Å²) in [6, 6.07) is 0.570. The minimum absolute atomic E-state index is 0.365. The summed E-state index contributed by atoms with van der Waals surface area (Å²) in [4.78, 5) is 2.51. The van der Waals surface area contributed by atoms with Gasteiger partial charge in [-0.15, -0.1) is 0 Å². The Morgan fingerprint density at radius 2 is 2.38 bits per heavy atom. The second-order valence-corrected chi connectivity index (χ2v) is 4.58. The lowest BCUT2D eigenvalue weighted by Crippen LogP contribution is -2.43. The first-order chi connectivity index (χ1) is 7.74. The van der Waals surface area contributed by atoms with Crippen LogP contribution in [0.15, 0.2) is 0 Å². The summed E-state index contributed by atoms with van der Waals surface area (Å²) in [5.41, 5.74) is 0. The van der Waals surface area contributed by atoms with Gasteiger partial charge in [0.05, 0.1) is 12.7 Å². The van der Waals surface area contributed by atoms with E-state index in [1.54, 1.807) is 7.11 Å². The molecule has 1 rings (SSSR count). The van der Waals surface area contributed by atoms with E-state index in [-0.39, 0.29) is 0 Å². The SMILES string of the molecule is COCCNCC(C)N1CCCOC(C)C1. The van der Waals surface area contributed by atoms with Crippen molar-refractivity contribution in [2.75, 3.05) is 46.5 Å². The number of nitrogens with zero attached hydrogens (tertiary/aromatic N) is 1. The van der Waals surface area contributed by atoms with E-state index in [0.717, 1.165) is 45.8 Å². The van der Waals surface area contributed by atoms with Gasteiger partial charge >= 0.3 is 0 Å². The summed E-state index contributed by atoms with van der Waals surface area (Å²) in [7, 11) is 1.74. The van der Waals surface area contributed by atoms with Gasteiger partial charge in [0.25, 0.3) is 0 Å².